The van der Waals surface area contributed by atoms with E-state index in [1.54, 1.807) is 18.2 Å². The molecule has 2 aliphatic rings. The summed E-state index contributed by atoms with van der Waals surface area (Å²) in [5.41, 5.74) is 9.35. The summed E-state index contributed by atoms with van der Waals surface area (Å²) in [6.45, 7) is 1.90. The van der Waals surface area contributed by atoms with Gasteiger partial charge in [-0.25, -0.2) is 9.78 Å². The number of benzene rings is 2. The molecule has 0 saturated carbocycles. The molecule has 1 amide bonds. The summed E-state index contributed by atoms with van der Waals surface area (Å²) < 4.78 is 5.78. The molecule has 5 rings (SSSR count). The average Bonchev–Trinajstić information content (AvgIpc) is 3.19. The average molecular weight is 497 g/mol. The molecule has 3 aromatic rings. The molecule has 2 heterocycles. The number of aromatic nitrogens is 1. The topological polar surface area (TPSA) is 97.6 Å². The summed E-state index contributed by atoms with van der Waals surface area (Å²) >= 11 is 12.5. The van der Waals surface area contributed by atoms with Crippen LogP contribution in [0.3, 0.4) is 0 Å². The second-order valence-electron chi connectivity index (χ2n) is 8.40. The van der Waals surface area contributed by atoms with Gasteiger partial charge >= 0.3 is 5.97 Å². The van der Waals surface area contributed by atoms with E-state index in [4.69, 9.17) is 33.7 Å². The molecule has 0 spiro atoms. The highest BCUT2D eigenvalue weighted by Crippen LogP contribution is 2.36. The first-order chi connectivity index (χ1) is 16.4. The smallest absolute Gasteiger partial charge is 0.340 e. The zero-order valence-corrected chi connectivity index (χ0v) is 19.6. The molecule has 2 unspecified atom stereocenters. The van der Waals surface area contributed by atoms with Gasteiger partial charge in [0, 0.05) is 42.3 Å². The molecule has 0 radical (unpaired) electrons. The van der Waals surface area contributed by atoms with Crippen LogP contribution in [0.25, 0.3) is 0 Å². The highest BCUT2D eigenvalue weighted by atomic mass is 35.5. The van der Waals surface area contributed by atoms with Crippen LogP contribution in [0.5, 0.6) is 0 Å². The highest BCUT2D eigenvalue weighted by Gasteiger charge is 2.39. The number of primary amides is 1. The molecule has 7 nitrogen and oxygen atoms in total. The minimum absolute atomic E-state index is 0.295. The van der Waals surface area contributed by atoms with E-state index in [1.807, 2.05) is 30.3 Å². The summed E-state index contributed by atoms with van der Waals surface area (Å²) in [5.74, 6) is -1.07. The van der Waals surface area contributed by atoms with Crippen LogP contribution < -0.4 is 16.0 Å². The first-order valence-corrected chi connectivity index (χ1v) is 11.7. The van der Waals surface area contributed by atoms with Gasteiger partial charge in [-0.15, -0.1) is 0 Å². The molecule has 1 aromatic heterocycles. The second kappa shape index (κ2) is 9.16. The number of fused-ring (bicyclic) bond motifs is 2. The third-order valence-electron chi connectivity index (χ3n) is 6.24. The number of anilines is 2. The van der Waals surface area contributed by atoms with E-state index in [0.29, 0.717) is 47.5 Å². The fraction of sp³-hybridized carbons (Fsp3) is 0.240. The van der Waals surface area contributed by atoms with Crippen LogP contribution in [0.2, 0.25) is 10.0 Å². The van der Waals surface area contributed by atoms with Gasteiger partial charge in [0.25, 0.3) is 0 Å². The molecule has 1 aliphatic carbocycles. The standard InChI is InChI=1S/C25H22Cl2N4O3/c26-17-5-6-19(27)16(9-17)13-31-8-7-29-24-20(31)10-15(12-30-24)25(33)34-21-11-14-3-1-2-4-18(14)22(21)23(28)32/h1-6,9-10,12,21-22H,7-8,11,13H2,(H2,28,32)(H,29,30). The lowest BCUT2D eigenvalue weighted by molar-refractivity contribution is -0.121. The second-order valence-corrected chi connectivity index (χ2v) is 9.25. The van der Waals surface area contributed by atoms with Gasteiger partial charge in [-0.05, 0) is 41.0 Å². The monoisotopic (exact) mass is 496 g/mol. The van der Waals surface area contributed by atoms with Gasteiger partial charge in [-0.3, -0.25) is 4.79 Å². The maximum Gasteiger partial charge on any atom is 0.340 e. The lowest BCUT2D eigenvalue weighted by Gasteiger charge is -2.32. The number of pyridine rings is 1. The molecule has 0 fully saturated rings. The van der Waals surface area contributed by atoms with Crippen molar-refractivity contribution in [2.24, 2.45) is 5.73 Å². The van der Waals surface area contributed by atoms with Crippen molar-refractivity contribution < 1.29 is 14.3 Å². The summed E-state index contributed by atoms with van der Waals surface area (Å²) in [6.07, 6.45) is 1.26. The number of hydrogen-bond donors (Lipinski definition) is 2. The maximum absolute atomic E-state index is 13.1. The van der Waals surface area contributed by atoms with Crippen molar-refractivity contribution in [3.63, 3.8) is 0 Å². The Hall–Kier alpha value is -3.29. The molecule has 34 heavy (non-hydrogen) atoms. The molecule has 2 atom stereocenters. The lowest BCUT2D eigenvalue weighted by Crippen LogP contribution is -2.34. The Bertz CT molecular complexity index is 1280. The predicted molar refractivity (Wildman–Crippen MR) is 132 cm³/mol. The number of carbonyl (C=O) groups is 2. The molecule has 1 aliphatic heterocycles. The first kappa shape index (κ1) is 22.5. The van der Waals surface area contributed by atoms with E-state index in [9.17, 15) is 9.59 Å². The Morgan fingerprint density at radius 3 is 2.82 bits per heavy atom. The molecule has 0 saturated heterocycles. The quantitative estimate of drug-likeness (QED) is 0.514. The zero-order valence-electron chi connectivity index (χ0n) is 18.1. The number of amides is 1. The number of halogens is 2. The zero-order chi connectivity index (χ0) is 23.8. The first-order valence-electron chi connectivity index (χ1n) is 10.9. The number of nitrogens with one attached hydrogen (secondary N) is 1. The van der Waals surface area contributed by atoms with E-state index < -0.39 is 23.9 Å². The van der Waals surface area contributed by atoms with Crippen LogP contribution in [0.4, 0.5) is 11.5 Å². The van der Waals surface area contributed by atoms with Crippen molar-refractivity contribution in [2.75, 3.05) is 23.3 Å². The van der Waals surface area contributed by atoms with E-state index >= 15 is 0 Å². The largest absolute Gasteiger partial charge is 0.457 e. The summed E-state index contributed by atoms with van der Waals surface area (Å²) in [5, 5.41) is 4.47. The molecular weight excluding hydrogens is 475 g/mol. The number of carbonyl (C=O) groups excluding carboxylic acids is 2. The minimum atomic E-state index is -0.672. The summed E-state index contributed by atoms with van der Waals surface area (Å²) in [4.78, 5) is 31.7. The van der Waals surface area contributed by atoms with Gasteiger partial charge in [-0.2, -0.15) is 0 Å². The predicted octanol–water partition coefficient (Wildman–Crippen LogP) is 4.17. The van der Waals surface area contributed by atoms with Crippen LogP contribution in [-0.4, -0.2) is 36.1 Å². The number of ether oxygens (including phenoxy) is 1. The number of nitrogens with two attached hydrogens (primary N) is 1. The molecular formula is C25H22Cl2N4O3. The van der Waals surface area contributed by atoms with Crippen LogP contribution in [0.15, 0.2) is 54.7 Å². The van der Waals surface area contributed by atoms with Gasteiger partial charge in [0.15, 0.2) is 0 Å². The molecule has 3 N–H and O–H groups in total. The molecule has 0 bridgehead atoms. The number of hydrogen-bond acceptors (Lipinski definition) is 6. The number of esters is 1. The normalized spacial score (nSPS) is 18.6. The minimum Gasteiger partial charge on any atom is -0.457 e. The maximum atomic E-state index is 13.1. The Morgan fingerprint density at radius 2 is 2.00 bits per heavy atom. The van der Waals surface area contributed by atoms with Crippen molar-refractivity contribution in [3.8, 4) is 0 Å². The van der Waals surface area contributed by atoms with Crippen LogP contribution >= 0.6 is 23.2 Å². The van der Waals surface area contributed by atoms with Crippen molar-refractivity contribution >= 4 is 46.6 Å². The Kier molecular flexibility index (Phi) is 6.06. The third kappa shape index (κ3) is 4.29. The van der Waals surface area contributed by atoms with Crippen LogP contribution in [0, 0.1) is 0 Å². The van der Waals surface area contributed by atoms with Gasteiger partial charge < -0.3 is 20.7 Å². The fourth-order valence-electron chi connectivity index (χ4n) is 4.62. The van der Waals surface area contributed by atoms with Gasteiger partial charge in [0.2, 0.25) is 5.91 Å². The van der Waals surface area contributed by atoms with Gasteiger partial charge in [0.1, 0.15) is 17.8 Å². The van der Waals surface area contributed by atoms with Gasteiger partial charge in [-0.1, -0.05) is 47.5 Å². The van der Waals surface area contributed by atoms with E-state index in [1.165, 1.54) is 6.20 Å². The summed E-state index contributed by atoms with van der Waals surface area (Å²) in [7, 11) is 0. The Labute approximate surface area is 206 Å². The van der Waals surface area contributed by atoms with Crippen molar-refractivity contribution in [3.05, 3.63) is 87.0 Å². The van der Waals surface area contributed by atoms with Crippen molar-refractivity contribution in [1.82, 2.24) is 4.98 Å². The third-order valence-corrected chi connectivity index (χ3v) is 6.84. The summed E-state index contributed by atoms with van der Waals surface area (Å²) in [6, 6.07) is 14.6. The Morgan fingerprint density at radius 1 is 1.18 bits per heavy atom. The van der Waals surface area contributed by atoms with Crippen molar-refractivity contribution in [1.29, 1.82) is 0 Å². The SMILES string of the molecule is NC(=O)C1c2ccccc2CC1OC(=O)c1cnc2c(c1)N(Cc1cc(Cl)ccc1Cl)CCN2. The molecule has 9 heteroatoms. The number of nitrogens with zero attached hydrogens (tertiary/aromatic N) is 2. The van der Waals surface area contributed by atoms with E-state index in [0.717, 1.165) is 22.4 Å². The highest BCUT2D eigenvalue weighted by molar-refractivity contribution is 6.33. The van der Waals surface area contributed by atoms with Gasteiger partial charge in [0.05, 0.1) is 11.3 Å². The lowest BCUT2D eigenvalue weighted by atomic mass is 9.99. The van der Waals surface area contributed by atoms with Crippen molar-refractivity contribution in [2.45, 2.75) is 25.0 Å². The van der Waals surface area contributed by atoms with E-state index in [2.05, 4.69) is 15.2 Å². The fourth-order valence-corrected chi connectivity index (χ4v) is 4.99. The number of rotatable bonds is 5. The molecule has 2 aromatic carbocycles. The van der Waals surface area contributed by atoms with Crippen LogP contribution in [-0.2, 0) is 22.5 Å². The van der Waals surface area contributed by atoms with Crippen LogP contribution in [0.1, 0.15) is 33.0 Å². The molecule has 174 valence electrons. The Balaban J connectivity index is 1.38. The van der Waals surface area contributed by atoms with E-state index in [-0.39, 0.29) is 0 Å².